The molecule has 0 saturated heterocycles. The third-order valence-corrected chi connectivity index (χ3v) is 6.88. The Balaban J connectivity index is 1.57. The molecule has 29 heavy (non-hydrogen) atoms. The van der Waals surface area contributed by atoms with Crippen LogP contribution in [0.4, 0.5) is 5.69 Å². The van der Waals surface area contributed by atoms with E-state index in [0.29, 0.717) is 17.5 Å². The highest BCUT2D eigenvalue weighted by Gasteiger charge is 2.21. The van der Waals surface area contributed by atoms with E-state index in [4.69, 9.17) is 4.98 Å². The van der Waals surface area contributed by atoms with Gasteiger partial charge in [-0.1, -0.05) is 54.2 Å². The molecule has 0 atom stereocenters. The summed E-state index contributed by atoms with van der Waals surface area (Å²) in [6, 6.07) is 16.6. The van der Waals surface area contributed by atoms with Gasteiger partial charge >= 0.3 is 0 Å². The molecular weight excluding hydrogens is 406 g/mol. The zero-order chi connectivity index (χ0) is 20.2. The molecule has 0 bridgehead atoms. The number of hydrogen-bond acceptors (Lipinski definition) is 6. The number of thioether (sulfide) groups is 2. The van der Waals surface area contributed by atoms with Crippen molar-refractivity contribution in [3.8, 4) is 0 Å². The van der Waals surface area contributed by atoms with Crippen molar-refractivity contribution in [2.75, 3.05) is 5.75 Å². The lowest BCUT2D eigenvalue weighted by Gasteiger charge is -2.14. The van der Waals surface area contributed by atoms with Gasteiger partial charge < -0.3 is 0 Å². The second-order valence-electron chi connectivity index (χ2n) is 6.67. The van der Waals surface area contributed by atoms with Gasteiger partial charge in [-0.25, -0.2) is 4.98 Å². The number of nitro groups is 1. The molecule has 0 spiro atoms. The molecule has 2 heterocycles. The summed E-state index contributed by atoms with van der Waals surface area (Å²) < 4.78 is 1.78. The average Bonchev–Trinajstić information content (AvgIpc) is 3.21. The van der Waals surface area contributed by atoms with Crippen LogP contribution in [0, 0.1) is 10.1 Å². The molecule has 6 nitrogen and oxygen atoms in total. The predicted octanol–water partition coefficient (Wildman–Crippen LogP) is 4.33. The molecule has 1 aliphatic heterocycles. The van der Waals surface area contributed by atoms with Crippen molar-refractivity contribution in [2.24, 2.45) is 0 Å². The van der Waals surface area contributed by atoms with E-state index in [1.165, 1.54) is 29.5 Å². The Morgan fingerprint density at radius 3 is 2.59 bits per heavy atom. The predicted molar refractivity (Wildman–Crippen MR) is 116 cm³/mol. The zero-order valence-corrected chi connectivity index (χ0v) is 17.2. The van der Waals surface area contributed by atoms with Crippen molar-refractivity contribution >= 4 is 29.2 Å². The number of benzene rings is 2. The van der Waals surface area contributed by atoms with Crippen molar-refractivity contribution in [1.82, 2.24) is 9.55 Å². The Morgan fingerprint density at radius 1 is 1.10 bits per heavy atom. The minimum absolute atomic E-state index is 0.0413. The van der Waals surface area contributed by atoms with Crippen LogP contribution in [0.3, 0.4) is 0 Å². The first kappa shape index (κ1) is 19.7. The second kappa shape index (κ2) is 8.84. The molecule has 2 aromatic carbocycles. The Bertz CT molecular complexity index is 1080. The average molecular weight is 426 g/mol. The van der Waals surface area contributed by atoms with Gasteiger partial charge in [0, 0.05) is 36.6 Å². The van der Waals surface area contributed by atoms with Crippen LogP contribution in [0.25, 0.3) is 0 Å². The summed E-state index contributed by atoms with van der Waals surface area (Å²) in [5, 5.41) is 11.5. The maximum Gasteiger partial charge on any atom is 0.269 e. The molecule has 0 N–H and O–H groups in total. The van der Waals surface area contributed by atoms with Gasteiger partial charge in [0.15, 0.2) is 5.16 Å². The van der Waals surface area contributed by atoms with Crippen LogP contribution in [0.1, 0.15) is 16.8 Å². The van der Waals surface area contributed by atoms with Crippen molar-refractivity contribution in [1.29, 1.82) is 0 Å². The number of hydrogen-bond donors (Lipinski definition) is 0. The molecule has 0 unspecified atom stereocenters. The van der Waals surface area contributed by atoms with E-state index >= 15 is 0 Å². The number of aromatic nitrogens is 2. The topological polar surface area (TPSA) is 78.0 Å². The monoisotopic (exact) mass is 425 g/mol. The van der Waals surface area contributed by atoms with E-state index < -0.39 is 4.92 Å². The maximum absolute atomic E-state index is 13.0. The first-order valence-corrected chi connectivity index (χ1v) is 11.3. The maximum atomic E-state index is 13.0. The summed E-state index contributed by atoms with van der Waals surface area (Å²) >= 11 is 3.09. The first-order valence-electron chi connectivity index (χ1n) is 9.28. The fourth-order valence-corrected chi connectivity index (χ4v) is 5.22. The summed E-state index contributed by atoms with van der Waals surface area (Å²) in [6.45, 7) is 0.576. The van der Waals surface area contributed by atoms with E-state index in [1.807, 2.05) is 18.2 Å². The molecule has 3 aromatic rings. The molecule has 4 rings (SSSR count). The van der Waals surface area contributed by atoms with Crippen molar-refractivity contribution in [3.05, 3.63) is 91.9 Å². The molecule has 148 valence electrons. The van der Waals surface area contributed by atoms with Crippen molar-refractivity contribution in [2.45, 2.75) is 35.2 Å². The van der Waals surface area contributed by atoms with Crippen LogP contribution in [0.5, 0.6) is 0 Å². The van der Waals surface area contributed by atoms with Gasteiger partial charge in [-0.05, 0) is 17.5 Å². The first-order chi connectivity index (χ1) is 14.1. The standard InChI is InChI=1S/C21H19N3O3S2/c25-20-19-18(11-13-28-19)22-21(23(20)12-10-15-4-2-1-3-5-15)29-14-16-6-8-17(9-7-16)24(26)27/h1-9H,10-14H2. The van der Waals surface area contributed by atoms with Gasteiger partial charge in [0.2, 0.25) is 0 Å². The smallest absolute Gasteiger partial charge is 0.269 e. The summed E-state index contributed by atoms with van der Waals surface area (Å²) in [5.41, 5.74) is 3.14. The lowest BCUT2D eigenvalue weighted by atomic mass is 10.1. The molecule has 0 amide bonds. The Kier molecular flexibility index (Phi) is 6.01. The third kappa shape index (κ3) is 4.54. The van der Waals surface area contributed by atoms with Crippen LogP contribution in [0.2, 0.25) is 0 Å². The van der Waals surface area contributed by atoms with Gasteiger partial charge in [-0.2, -0.15) is 0 Å². The van der Waals surface area contributed by atoms with Crippen LogP contribution in [0.15, 0.2) is 69.4 Å². The fraction of sp³-hybridized carbons (Fsp3) is 0.238. The van der Waals surface area contributed by atoms with Gasteiger partial charge in [-0.3, -0.25) is 19.5 Å². The minimum Gasteiger partial charge on any atom is -0.286 e. The second-order valence-corrected chi connectivity index (χ2v) is 8.72. The fourth-order valence-electron chi connectivity index (χ4n) is 3.18. The highest BCUT2D eigenvalue weighted by atomic mass is 32.2. The van der Waals surface area contributed by atoms with E-state index in [9.17, 15) is 14.9 Å². The van der Waals surface area contributed by atoms with Crippen LogP contribution in [-0.4, -0.2) is 20.2 Å². The molecule has 8 heteroatoms. The summed E-state index contributed by atoms with van der Waals surface area (Å²) in [6.07, 6.45) is 1.58. The van der Waals surface area contributed by atoms with Crippen molar-refractivity contribution in [3.63, 3.8) is 0 Å². The van der Waals surface area contributed by atoms with Crippen LogP contribution in [-0.2, 0) is 25.1 Å². The third-order valence-electron chi connectivity index (χ3n) is 4.73. The van der Waals surface area contributed by atoms with Gasteiger partial charge in [-0.15, -0.1) is 11.8 Å². The summed E-state index contributed by atoms with van der Waals surface area (Å²) in [4.78, 5) is 29.0. The van der Waals surface area contributed by atoms with Crippen molar-refractivity contribution < 1.29 is 4.92 Å². The highest BCUT2D eigenvalue weighted by Crippen LogP contribution is 2.30. The Morgan fingerprint density at radius 2 is 1.86 bits per heavy atom. The normalized spacial score (nSPS) is 12.7. The number of fused-ring (bicyclic) bond motifs is 1. The molecule has 0 aliphatic carbocycles. The Labute approximate surface area is 176 Å². The molecule has 0 fully saturated rings. The number of aryl methyl sites for hydroxylation is 2. The summed E-state index contributed by atoms with van der Waals surface area (Å²) in [5.74, 6) is 1.49. The van der Waals surface area contributed by atoms with E-state index in [0.717, 1.165) is 34.7 Å². The molecular formula is C21H19N3O3S2. The molecule has 1 aliphatic rings. The molecule has 0 saturated carbocycles. The van der Waals surface area contributed by atoms with Crippen LogP contribution < -0.4 is 5.56 Å². The van der Waals surface area contributed by atoms with Crippen LogP contribution >= 0.6 is 23.5 Å². The zero-order valence-electron chi connectivity index (χ0n) is 15.6. The highest BCUT2D eigenvalue weighted by molar-refractivity contribution is 7.99. The van der Waals surface area contributed by atoms with Gasteiger partial charge in [0.25, 0.3) is 11.2 Å². The number of non-ortho nitro benzene ring substituents is 1. The Hall–Kier alpha value is -2.58. The van der Waals surface area contributed by atoms with Gasteiger partial charge in [0.05, 0.1) is 15.5 Å². The van der Waals surface area contributed by atoms with E-state index in [1.54, 1.807) is 28.5 Å². The number of nitro benzene ring substituents is 1. The SMILES string of the molecule is O=c1c2c(nc(SCc3ccc([N+](=O)[O-])cc3)n1CCc1ccccc1)CCS2. The summed E-state index contributed by atoms with van der Waals surface area (Å²) in [7, 11) is 0. The lowest BCUT2D eigenvalue weighted by molar-refractivity contribution is -0.384. The number of nitrogens with zero attached hydrogens (tertiary/aromatic N) is 3. The molecule has 1 aromatic heterocycles. The molecule has 0 radical (unpaired) electrons. The van der Waals surface area contributed by atoms with Gasteiger partial charge in [0.1, 0.15) is 0 Å². The largest absolute Gasteiger partial charge is 0.286 e. The van der Waals surface area contributed by atoms with E-state index in [-0.39, 0.29) is 11.2 Å². The quantitative estimate of drug-likeness (QED) is 0.243. The number of rotatable bonds is 7. The minimum atomic E-state index is -0.405. The van der Waals surface area contributed by atoms with E-state index in [2.05, 4.69) is 12.1 Å². The lowest BCUT2D eigenvalue weighted by Crippen LogP contribution is -2.26.